The van der Waals surface area contributed by atoms with E-state index in [0.29, 0.717) is 26.2 Å². The molecule has 0 aliphatic carbocycles. The fraction of sp³-hybridized carbons (Fsp3) is 0.476. The maximum Gasteiger partial charge on any atom is 0.417 e. The predicted octanol–water partition coefficient (Wildman–Crippen LogP) is 3.25. The number of nitrogens with zero attached hydrogens (tertiary/aromatic N) is 6. The van der Waals surface area contributed by atoms with Gasteiger partial charge < -0.3 is 24.9 Å². The lowest BCUT2D eigenvalue weighted by atomic mass is 10.2. The number of rotatable bonds is 3. The highest BCUT2D eigenvalue weighted by Crippen LogP contribution is 2.36. The molecular formula is C21H25ClF3N7O. The number of carbonyl (C=O) groups is 1. The Morgan fingerprint density at radius 3 is 2.09 bits per heavy atom. The molecule has 2 amide bonds. The number of piperazine rings is 2. The zero-order valence-electron chi connectivity index (χ0n) is 18.1. The topological polar surface area (TPSA) is 67.8 Å². The standard InChI is InChI=1S/C21H25ClF3N7O/c1-29-4-6-30(7-5-29)18-13-19(27-14-26-18)31-8-10-32(11-9-31)20(33)28-15-2-3-17(22)16(12-15)21(23,24)25/h2-3,12-14H,4-11H2,1H3,(H,28,33). The van der Waals surface area contributed by atoms with Crippen molar-refractivity contribution < 1.29 is 18.0 Å². The molecule has 2 fully saturated rings. The monoisotopic (exact) mass is 483 g/mol. The van der Waals surface area contributed by atoms with Crippen LogP contribution in [-0.4, -0.2) is 85.2 Å². The number of hydrogen-bond donors (Lipinski definition) is 1. The van der Waals surface area contributed by atoms with Crippen LogP contribution in [0.3, 0.4) is 0 Å². The fourth-order valence-electron chi connectivity index (χ4n) is 3.88. The number of alkyl halides is 3. The second kappa shape index (κ2) is 9.60. The van der Waals surface area contributed by atoms with Gasteiger partial charge in [0.25, 0.3) is 0 Å². The van der Waals surface area contributed by atoms with Crippen molar-refractivity contribution in [3.8, 4) is 0 Å². The first-order valence-corrected chi connectivity index (χ1v) is 11.0. The third kappa shape index (κ3) is 5.59. The number of carbonyl (C=O) groups excluding carboxylic acids is 1. The van der Waals surface area contributed by atoms with E-state index in [0.717, 1.165) is 49.9 Å². The molecule has 33 heavy (non-hydrogen) atoms. The van der Waals surface area contributed by atoms with E-state index in [1.54, 1.807) is 11.2 Å². The highest BCUT2D eigenvalue weighted by Gasteiger charge is 2.33. The molecule has 0 bridgehead atoms. The minimum Gasteiger partial charge on any atom is -0.354 e. The number of halogens is 4. The third-order valence-corrected chi connectivity index (χ3v) is 6.21. The normalized spacial score (nSPS) is 17.9. The van der Waals surface area contributed by atoms with Crippen molar-refractivity contribution in [2.45, 2.75) is 6.18 Å². The zero-order chi connectivity index (χ0) is 23.6. The van der Waals surface area contributed by atoms with Crippen molar-refractivity contribution in [3.63, 3.8) is 0 Å². The molecule has 0 spiro atoms. The summed E-state index contributed by atoms with van der Waals surface area (Å²) in [4.78, 5) is 29.5. The van der Waals surface area contributed by atoms with Crippen LogP contribution in [0.25, 0.3) is 0 Å². The smallest absolute Gasteiger partial charge is 0.354 e. The van der Waals surface area contributed by atoms with Crippen LogP contribution >= 0.6 is 11.6 Å². The van der Waals surface area contributed by atoms with Gasteiger partial charge in [0.2, 0.25) is 0 Å². The molecule has 0 saturated carbocycles. The molecule has 0 radical (unpaired) electrons. The van der Waals surface area contributed by atoms with Crippen LogP contribution in [0, 0.1) is 0 Å². The van der Waals surface area contributed by atoms with E-state index in [1.165, 1.54) is 6.07 Å². The average molecular weight is 484 g/mol. The van der Waals surface area contributed by atoms with Gasteiger partial charge in [0.1, 0.15) is 18.0 Å². The van der Waals surface area contributed by atoms with Crippen molar-refractivity contribution >= 4 is 35.0 Å². The van der Waals surface area contributed by atoms with E-state index in [1.807, 2.05) is 6.07 Å². The van der Waals surface area contributed by atoms with Crippen molar-refractivity contribution in [2.75, 3.05) is 74.5 Å². The van der Waals surface area contributed by atoms with Gasteiger partial charge in [0.15, 0.2) is 0 Å². The van der Waals surface area contributed by atoms with Gasteiger partial charge in [0, 0.05) is 64.1 Å². The minimum absolute atomic E-state index is 0.0479. The van der Waals surface area contributed by atoms with Gasteiger partial charge in [-0.1, -0.05) is 11.6 Å². The number of anilines is 3. The Morgan fingerprint density at radius 1 is 0.939 bits per heavy atom. The lowest BCUT2D eigenvalue weighted by molar-refractivity contribution is -0.137. The van der Waals surface area contributed by atoms with Gasteiger partial charge >= 0.3 is 12.2 Å². The predicted molar refractivity (Wildman–Crippen MR) is 121 cm³/mol. The number of urea groups is 1. The first-order chi connectivity index (χ1) is 15.7. The summed E-state index contributed by atoms with van der Waals surface area (Å²) in [7, 11) is 2.10. The van der Waals surface area contributed by atoms with Crippen LogP contribution in [0.15, 0.2) is 30.6 Å². The maximum atomic E-state index is 13.1. The molecule has 2 saturated heterocycles. The van der Waals surface area contributed by atoms with Crippen LogP contribution in [0.2, 0.25) is 5.02 Å². The van der Waals surface area contributed by atoms with E-state index < -0.39 is 22.8 Å². The van der Waals surface area contributed by atoms with Crippen LogP contribution in [0.4, 0.5) is 35.3 Å². The molecule has 12 heteroatoms. The van der Waals surface area contributed by atoms with Crippen molar-refractivity contribution in [1.29, 1.82) is 0 Å². The quantitative estimate of drug-likeness (QED) is 0.723. The summed E-state index contributed by atoms with van der Waals surface area (Å²) in [5, 5.41) is 2.13. The van der Waals surface area contributed by atoms with Gasteiger partial charge in [-0.2, -0.15) is 13.2 Å². The molecule has 8 nitrogen and oxygen atoms in total. The fourth-order valence-corrected chi connectivity index (χ4v) is 4.10. The number of hydrogen-bond acceptors (Lipinski definition) is 6. The summed E-state index contributed by atoms with van der Waals surface area (Å²) >= 11 is 5.64. The Kier molecular flexibility index (Phi) is 6.80. The van der Waals surface area contributed by atoms with Gasteiger partial charge in [-0.25, -0.2) is 14.8 Å². The number of likely N-dealkylation sites (N-methyl/N-ethyl adjacent to an activating group) is 1. The molecule has 1 N–H and O–H groups in total. The lowest BCUT2D eigenvalue weighted by Gasteiger charge is -2.36. The summed E-state index contributed by atoms with van der Waals surface area (Å²) in [6.07, 6.45) is -3.04. The van der Waals surface area contributed by atoms with Crippen LogP contribution in [0.5, 0.6) is 0 Å². The van der Waals surface area contributed by atoms with Gasteiger partial charge in [-0.15, -0.1) is 0 Å². The van der Waals surface area contributed by atoms with E-state index in [2.05, 4.69) is 37.0 Å². The number of aromatic nitrogens is 2. The van der Waals surface area contributed by atoms with Gasteiger partial charge in [-0.3, -0.25) is 0 Å². The molecule has 1 aromatic heterocycles. The molecule has 1 aromatic carbocycles. The number of amides is 2. The molecule has 3 heterocycles. The third-order valence-electron chi connectivity index (χ3n) is 5.88. The average Bonchev–Trinajstić information content (AvgIpc) is 2.80. The van der Waals surface area contributed by atoms with Gasteiger partial charge in [0.05, 0.1) is 10.6 Å². The molecule has 2 aliphatic rings. The van der Waals surface area contributed by atoms with Crippen molar-refractivity contribution in [1.82, 2.24) is 19.8 Å². The molecule has 4 rings (SSSR count). The summed E-state index contributed by atoms with van der Waals surface area (Å²) in [5.41, 5.74) is -0.932. The van der Waals surface area contributed by atoms with Crippen molar-refractivity contribution in [3.05, 3.63) is 41.2 Å². The Labute approximate surface area is 194 Å². The highest BCUT2D eigenvalue weighted by atomic mass is 35.5. The Hall–Kier alpha value is -2.79. The first-order valence-electron chi connectivity index (χ1n) is 10.6. The summed E-state index contributed by atoms with van der Waals surface area (Å²) < 4.78 is 39.2. The minimum atomic E-state index is -4.59. The number of nitrogens with one attached hydrogen (secondary N) is 1. The maximum absolute atomic E-state index is 13.1. The second-order valence-electron chi connectivity index (χ2n) is 8.12. The SMILES string of the molecule is CN1CCN(c2cc(N3CCN(C(=O)Nc4ccc(Cl)c(C(F)(F)F)c4)CC3)ncn2)CC1. The van der Waals surface area contributed by atoms with E-state index >= 15 is 0 Å². The Morgan fingerprint density at radius 2 is 1.52 bits per heavy atom. The van der Waals surface area contributed by atoms with E-state index in [-0.39, 0.29) is 5.69 Å². The summed E-state index contributed by atoms with van der Waals surface area (Å²) in [5.74, 6) is 1.68. The molecular weight excluding hydrogens is 459 g/mol. The zero-order valence-corrected chi connectivity index (χ0v) is 18.9. The molecule has 0 unspecified atom stereocenters. The van der Waals surface area contributed by atoms with Gasteiger partial charge in [-0.05, 0) is 25.2 Å². The largest absolute Gasteiger partial charge is 0.417 e. The Bertz CT molecular complexity index is 990. The summed E-state index contributed by atoms with van der Waals surface area (Å²) in [6, 6.07) is 4.84. The molecule has 0 atom stereocenters. The lowest BCUT2D eigenvalue weighted by Crippen LogP contribution is -2.50. The highest BCUT2D eigenvalue weighted by molar-refractivity contribution is 6.31. The molecule has 178 valence electrons. The van der Waals surface area contributed by atoms with E-state index in [4.69, 9.17) is 11.6 Å². The Balaban J connectivity index is 1.35. The van der Waals surface area contributed by atoms with Crippen LogP contribution in [0.1, 0.15) is 5.56 Å². The van der Waals surface area contributed by atoms with Crippen LogP contribution in [-0.2, 0) is 6.18 Å². The molecule has 2 aromatic rings. The molecule has 2 aliphatic heterocycles. The second-order valence-corrected chi connectivity index (χ2v) is 8.53. The van der Waals surface area contributed by atoms with Crippen LogP contribution < -0.4 is 15.1 Å². The summed E-state index contributed by atoms with van der Waals surface area (Å²) in [6.45, 7) is 5.71. The van der Waals surface area contributed by atoms with Crippen molar-refractivity contribution in [2.24, 2.45) is 0 Å². The first kappa shape index (κ1) is 23.4. The van der Waals surface area contributed by atoms with E-state index in [9.17, 15) is 18.0 Å². The number of benzene rings is 1.